The molecule has 39 heavy (non-hydrogen) atoms. The Balaban J connectivity index is 1.53. The molecule has 204 valence electrons. The highest BCUT2D eigenvalue weighted by Gasteiger charge is 2.33. The Morgan fingerprint density at radius 2 is 1.90 bits per heavy atom. The van der Waals surface area contributed by atoms with Gasteiger partial charge in [-0.3, -0.25) is 4.99 Å². The number of allylic oxidation sites excluding steroid dienone is 4. The van der Waals surface area contributed by atoms with Crippen LogP contribution in [0.1, 0.15) is 87.6 Å². The van der Waals surface area contributed by atoms with Gasteiger partial charge in [-0.1, -0.05) is 90.1 Å². The number of fused-ring (bicyclic) bond motifs is 1. The molecule has 0 amide bonds. The van der Waals surface area contributed by atoms with Crippen molar-refractivity contribution < 1.29 is 0 Å². The molecule has 1 saturated carbocycles. The molecule has 2 aliphatic heterocycles. The van der Waals surface area contributed by atoms with Gasteiger partial charge in [0.2, 0.25) is 0 Å². The van der Waals surface area contributed by atoms with Crippen molar-refractivity contribution in [1.29, 1.82) is 0 Å². The Hall–Kier alpha value is -3.60. The molecular formula is C34H43N5. The molecule has 5 nitrogen and oxygen atoms in total. The lowest BCUT2D eigenvalue weighted by molar-refractivity contribution is 0.192. The summed E-state index contributed by atoms with van der Waals surface area (Å²) in [7, 11) is 0. The highest BCUT2D eigenvalue weighted by molar-refractivity contribution is 5.94. The fourth-order valence-corrected chi connectivity index (χ4v) is 6.04. The maximum absolute atomic E-state index is 5.12. The zero-order chi connectivity index (χ0) is 27.5. The van der Waals surface area contributed by atoms with Crippen molar-refractivity contribution in [1.82, 2.24) is 14.7 Å². The molecule has 1 N–H and O–H groups in total. The van der Waals surface area contributed by atoms with E-state index < -0.39 is 0 Å². The first-order valence-electron chi connectivity index (χ1n) is 14.6. The van der Waals surface area contributed by atoms with Crippen molar-refractivity contribution in [3.8, 4) is 0 Å². The van der Waals surface area contributed by atoms with Gasteiger partial charge in [-0.2, -0.15) is 5.10 Å². The first-order valence-corrected chi connectivity index (χ1v) is 14.6. The van der Waals surface area contributed by atoms with Crippen LogP contribution in [0.2, 0.25) is 0 Å². The second-order valence-electron chi connectivity index (χ2n) is 11.5. The fourth-order valence-electron chi connectivity index (χ4n) is 6.04. The Bertz CT molecular complexity index is 1320. The molecule has 3 aliphatic rings. The highest BCUT2D eigenvalue weighted by atomic mass is 15.4. The van der Waals surface area contributed by atoms with Crippen LogP contribution in [-0.2, 0) is 0 Å². The monoisotopic (exact) mass is 521 g/mol. The summed E-state index contributed by atoms with van der Waals surface area (Å²) in [6, 6.07) is 9.14. The molecule has 1 aliphatic carbocycles. The molecule has 2 fully saturated rings. The van der Waals surface area contributed by atoms with Gasteiger partial charge in [-0.05, 0) is 54.2 Å². The lowest BCUT2D eigenvalue weighted by Gasteiger charge is -2.40. The minimum atomic E-state index is 0.277. The largest absolute Gasteiger partial charge is 0.371 e. The van der Waals surface area contributed by atoms with Gasteiger partial charge in [0.1, 0.15) is 11.5 Å². The van der Waals surface area contributed by atoms with Crippen molar-refractivity contribution in [2.24, 2.45) is 16.8 Å². The van der Waals surface area contributed by atoms with E-state index >= 15 is 0 Å². The number of aliphatic imine (C=N–C) groups is 1. The molecule has 1 unspecified atom stereocenters. The van der Waals surface area contributed by atoms with Crippen LogP contribution >= 0.6 is 0 Å². The van der Waals surface area contributed by atoms with E-state index in [9.17, 15) is 0 Å². The number of rotatable bonds is 9. The number of hydrogen-bond donors (Lipinski definition) is 1. The van der Waals surface area contributed by atoms with Gasteiger partial charge in [-0.15, -0.1) is 0 Å². The summed E-state index contributed by atoms with van der Waals surface area (Å²) in [6.45, 7) is 21.5. The quantitative estimate of drug-likeness (QED) is 0.337. The van der Waals surface area contributed by atoms with E-state index in [2.05, 4.69) is 86.1 Å². The number of aromatic nitrogens is 2. The molecular weight excluding hydrogens is 478 g/mol. The Labute approximate surface area is 234 Å². The predicted octanol–water partition coefficient (Wildman–Crippen LogP) is 8.43. The van der Waals surface area contributed by atoms with E-state index in [1.807, 2.05) is 10.9 Å². The van der Waals surface area contributed by atoms with Crippen LogP contribution in [0.3, 0.4) is 0 Å². The van der Waals surface area contributed by atoms with Crippen LogP contribution in [0.15, 0.2) is 67.3 Å². The van der Waals surface area contributed by atoms with Gasteiger partial charge in [0.15, 0.2) is 0 Å². The Kier molecular flexibility index (Phi) is 8.06. The van der Waals surface area contributed by atoms with E-state index in [1.165, 1.54) is 37.7 Å². The third-order valence-electron chi connectivity index (χ3n) is 8.58. The predicted molar refractivity (Wildman–Crippen MR) is 167 cm³/mol. The van der Waals surface area contributed by atoms with Gasteiger partial charge >= 0.3 is 0 Å². The summed E-state index contributed by atoms with van der Waals surface area (Å²) in [5, 5.41) is 8.86. The summed E-state index contributed by atoms with van der Waals surface area (Å²) in [5.74, 6) is 2.57. The zero-order valence-electron chi connectivity index (χ0n) is 23.9. The standard InChI is InChI=1S/C34H43N5/c1-7-18-35-20-30(24(4)8-2)33-32(26(6)38-21-23(3)22-38)34-36-31(19-25(5)39(34)37-33)29-16-14-28(15-17-29)27-12-10-9-11-13-27/h7,14-20,23-24,27,36H,1,5-6,8-13,21-22H2,2-4H3/b30-20+,35-18-. The number of hydrogen-bond acceptors (Lipinski definition) is 4. The summed E-state index contributed by atoms with van der Waals surface area (Å²) < 4.78 is 1.94. The van der Waals surface area contributed by atoms with E-state index in [0.29, 0.717) is 11.8 Å². The summed E-state index contributed by atoms with van der Waals surface area (Å²) in [5.41, 5.74) is 8.55. The van der Waals surface area contributed by atoms with Gasteiger partial charge in [0.05, 0.1) is 11.3 Å². The summed E-state index contributed by atoms with van der Waals surface area (Å²) in [4.78, 5) is 6.86. The molecule has 0 radical (unpaired) electrons. The lowest BCUT2D eigenvalue weighted by Crippen LogP contribution is -2.43. The molecule has 0 spiro atoms. The average molecular weight is 522 g/mol. The van der Waals surface area contributed by atoms with Crippen LogP contribution < -0.4 is 5.32 Å². The second kappa shape index (κ2) is 11.6. The van der Waals surface area contributed by atoms with Gasteiger partial charge in [-0.25, -0.2) is 4.68 Å². The number of nitrogens with zero attached hydrogens (tertiary/aromatic N) is 4. The average Bonchev–Trinajstić information content (AvgIpc) is 3.33. The fraction of sp³-hybridized carbons (Fsp3) is 0.412. The molecule has 0 bridgehead atoms. The molecule has 1 atom stereocenters. The first kappa shape index (κ1) is 27.0. The van der Waals surface area contributed by atoms with Crippen LogP contribution in [0, 0.1) is 11.8 Å². The highest BCUT2D eigenvalue weighted by Crippen LogP contribution is 2.42. The normalized spacial score (nSPS) is 19.4. The summed E-state index contributed by atoms with van der Waals surface area (Å²) in [6.07, 6.45) is 15.1. The minimum Gasteiger partial charge on any atom is -0.371 e. The molecule has 1 saturated heterocycles. The number of benzene rings is 1. The van der Waals surface area contributed by atoms with E-state index in [0.717, 1.165) is 64.8 Å². The molecule has 1 aromatic carbocycles. The molecule has 5 rings (SSSR count). The lowest BCUT2D eigenvalue weighted by atomic mass is 9.84. The van der Waals surface area contributed by atoms with Crippen LogP contribution in [0.25, 0.3) is 22.7 Å². The molecule has 1 aromatic heterocycles. The van der Waals surface area contributed by atoms with E-state index in [4.69, 9.17) is 5.10 Å². The Morgan fingerprint density at radius 3 is 2.54 bits per heavy atom. The van der Waals surface area contributed by atoms with Crippen LogP contribution in [-0.4, -0.2) is 34.0 Å². The SMILES string of the molecule is C=C/C=N\C=C(\c1nn2c(c1C(=C)N1CC(C)C1)NC(c1ccc(C3CCCCC3)cc1)=CC2=C)C(C)CC. The maximum Gasteiger partial charge on any atom is 0.144 e. The first-order chi connectivity index (χ1) is 18.9. The van der Waals surface area contributed by atoms with Crippen molar-refractivity contribution in [2.75, 3.05) is 18.4 Å². The Morgan fingerprint density at radius 1 is 1.18 bits per heavy atom. The molecule has 2 aromatic rings. The number of anilines is 1. The van der Waals surface area contributed by atoms with Crippen molar-refractivity contribution in [3.63, 3.8) is 0 Å². The van der Waals surface area contributed by atoms with Crippen LogP contribution in [0.5, 0.6) is 0 Å². The maximum atomic E-state index is 5.12. The summed E-state index contributed by atoms with van der Waals surface area (Å²) >= 11 is 0. The minimum absolute atomic E-state index is 0.277. The molecule has 3 heterocycles. The smallest absolute Gasteiger partial charge is 0.144 e. The zero-order valence-corrected chi connectivity index (χ0v) is 23.9. The number of nitrogens with one attached hydrogen (secondary N) is 1. The van der Waals surface area contributed by atoms with Crippen LogP contribution in [0.4, 0.5) is 5.82 Å². The van der Waals surface area contributed by atoms with Gasteiger partial charge < -0.3 is 10.2 Å². The third kappa shape index (κ3) is 5.45. The molecule has 5 heteroatoms. The topological polar surface area (TPSA) is 45.5 Å². The third-order valence-corrected chi connectivity index (χ3v) is 8.58. The van der Waals surface area contributed by atoms with Gasteiger partial charge in [0, 0.05) is 42.5 Å². The van der Waals surface area contributed by atoms with Crippen molar-refractivity contribution in [2.45, 2.75) is 65.2 Å². The van der Waals surface area contributed by atoms with Gasteiger partial charge in [0.25, 0.3) is 0 Å². The number of likely N-dealkylation sites (tertiary alicyclic amines) is 1. The van der Waals surface area contributed by atoms with Crippen molar-refractivity contribution >= 4 is 34.7 Å². The van der Waals surface area contributed by atoms with E-state index in [-0.39, 0.29) is 5.92 Å². The van der Waals surface area contributed by atoms with E-state index in [1.54, 1.807) is 12.3 Å². The van der Waals surface area contributed by atoms with Crippen molar-refractivity contribution in [3.05, 3.63) is 84.7 Å². The second-order valence-corrected chi connectivity index (χ2v) is 11.5.